The van der Waals surface area contributed by atoms with E-state index in [1.165, 1.54) is 7.11 Å². The fourth-order valence-electron chi connectivity index (χ4n) is 1.85. The zero-order valence-corrected chi connectivity index (χ0v) is 13.0. The summed E-state index contributed by atoms with van der Waals surface area (Å²) in [5.74, 6) is 0.466. The smallest absolute Gasteiger partial charge is 0.319 e. The van der Waals surface area contributed by atoms with Crippen molar-refractivity contribution in [3.8, 4) is 5.75 Å². The Kier molecular flexibility index (Phi) is 7.18. The number of ether oxygens (including phenoxy) is 1. The number of amides is 2. The molecular formula is C14H22ClN3O2. The molecule has 112 valence electrons. The van der Waals surface area contributed by atoms with Crippen LogP contribution in [0.25, 0.3) is 0 Å². The molecule has 5 nitrogen and oxygen atoms in total. The van der Waals surface area contributed by atoms with Crippen LogP contribution in [0.5, 0.6) is 5.75 Å². The molecule has 0 radical (unpaired) electrons. The molecule has 0 aromatic heterocycles. The summed E-state index contributed by atoms with van der Waals surface area (Å²) in [5, 5.41) is 6.01. The molecule has 0 fully saturated rings. The minimum atomic E-state index is -0.266. The SMILES string of the molecule is CCN(CC)CCNC(=O)Nc1cccc(Cl)c1OC. The number of hydrogen-bond acceptors (Lipinski definition) is 3. The molecule has 0 atom stereocenters. The number of hydrogen-bond donors (Lipinski definition) is 2. The van der Waals surface area contributed by atoms with Gasteiger partial charge in [-0.1, -0.05) is 31.5 Å². The Bertz CT molecular complexity index is 436. The van der Waals surface area contributed by atoms with E-state index in [9.17, 15) is 4.79 Å². The Hall–Kier alpha value is -1.46. The lowest BCUT2D eigenvalue weighted by Crippen LogP contribution is -2.36. The number of benzene rings is 1. The predicted octanol–water partition coefficient (Wildman–Crippen LogP) is 2.81. The number of rotatable bonds is 7. The Balaban J connectivity index is 2.49. The zero-order chi connectivity index (χ0) is 15.0. The lowest BCUT2D eigenvalue weighted by atomic mass is 10.3. The van der Waals surface area contributed by atoms with E-state index in [1.807, 2.05) is 0 Å². The normalized spacial score (nSPS) is 10.4. The first-order valence-corrected chi connectivity index (χ1v) is 7.09. The minimum Gasteiger partial charge on any atom is -0.493 e. The van der Waals surface area contributed by atoms with Gasteiger partial charge in [0, 0.05) is 13.1 Å². The summed E-state index contributed by atoms with van der Waals surface area (Å²) in [6, 6.07) is 4.95. The number of anilines is 1. The van der Waals surface area contributed by atoms with Crippen molar-refractivity contribution in [2.45, 2.75) is 13.8 Å². The number of likely N-dealkylation sites (N-methyl/N-ethyl adjacent to an activating group) is 1. The van der Waals surface area contributed by atoms with Crippen LogP contribution in [0.1, 0.15) is 13.8 Å². The summed E-state index contributed by atoms with van der Waals surface area (Å²) in [5.41, 5.74) is 0.556. The van der Waals surface area contributed by atoms with Gasteiger partial charge in [-0.3, -0.25) is 0 Å². The number of nitrogens with one attached hydrogen (secondary N) is 2. The molecular weight excluding hydrogens is 278 g/mol. The van der Waals surface area contributed by atoms with Gasteiger partial charge in [-0.25, -0.2) is 4.79 Å². The van der Waals surface area contributed by atoms with Gasteiger partial charge in [0.25, 0.3) is 0 Å². The summed E-state index contributed by atoms with van der Waals surface area (Å²) in [6.45, 7) is 7.56. The van der Waals surface area contributed by atoms with Crippen LogP contribution in [0.2, 0.25) is 5.02 Å². The van der Waals surface area contributed by atoms with E-state index in [4.69, 9.17) is 16.3 Å². The molecule has 1 aromatic carbocycles. The van der Waals surface area contributed by atoms with Gasteiger partial charge in [0.05, 0.1) is 17.8 Å². The maximum absolute atomic E-state index is 11.8. The number of urea groups is 1. The molecule has 2 N–H and O–H groups in total. The van der Waals surface area contributed by atoms with Crippen molar-refractivity contribution in [1.29, 1.82) is 0 Å². The molecule has 0 unspecified atom stereocenters. The second-order valence-corrected chi connectivity index (χ2v) is 4.64. The maximum atomic E-state index is 11.8. The van der Waals surface area contributed by atoms with Gasteiger partial charge in [-0.05, 0) is 25.2 Å². The third-order valence-electron chi connectivity index (χ3n) is 3.03. The largest absolute Gasteiger partial charge is 0.493 e. The van der Waals surface area contributed by atoms with Gasteiger partial charge in [-0.2, -0.15) is 0 Å². The minimum absolute atomic E-state index is 0.266. The Morgan fingerprint density at radius 3 is 2.65 bits per heavy atom. The molecule has 0 saturated heterocycles. The van der Waals surface area contributed by atoms with E-state index in [-0.39, 0.29) is 6.03 Å². The van der Waals surface area contributed by atoms with Gasteiger partial charge in [0.2, 0.25) is 0 Å². The van der Waals surface area contributed by atoms with Crippen molar-refractivity contribution in [1.82, 2.24) is 10.2 Å². The summed E-state index contributed by atoms with van der Waals surface area (Å²) >= 11 is 5.99. The van der Waals surface area contributed by atoms with Crippen molar-refractivity contribution < 1.29 is 9.53 Å². The van der Waals surface area contributed by atoms with Crippen LogP contribution in [-0.4, -0.2) is 44.2 Å². The van der Waals surface area contributed by atoms with E-state index in [2.05, 4.69) is 29.4 Å². The van der Waals surface area contributed by atoms with Crippen molar-refractivity contribution in [2.75, 3.05) is 38.6 Å². The molecule has 20 heavy (non-hydrogen) atoms. The molecule has 2 amide bonds. The molecule has 1 aromatic rings. The fraction of sp³-hybridized carbons (Fsp3) is 0.500. The summed E-state index contributed by atoms with van der Waals surface area (Å²) < 4.78 is 5.17. The third-order valence-corrected chi connectivity index (χ3v) is 3.32. The van der Waals surface area contributed by atoms with Crippen LogP contribution in [0, 0.1) is 0 Å². The van der Waals surface area contributed by atoms with Crippen molar-refractivity contribution in [2.24, 2.45) is 0 Å². The van der Waals surface area contributed by atoms with Gasteiger partial charge in [-0.15, -0.1) is 0 Å². The Morgan fingerprint density at radius 1 is 1.35 bits per heavy atom. The van der Waals surface area contributed by atoms with E-state index in [0.717, 1.165) is 19.6 Å². The second kappa shape index (κ2) is 8.66. The monoisotopic (exact) mass is 299 g/mol. The van der Waals surface area contributed by atoms with Gasteiger partial charge >= 0.3 is 6.03 Å². The maximum Gasteiger partial charge on any atom is 0.319 e. The van der Waals surface area contributed by atoms with Crippen LogP contribution in [0.15, 0.2) is 18.2 Å². The fourth-order valence-corrected chi connectivity index (χ4v) is 2.10. The molecule has 6 heteroatoms. The molecule has 1 rings (SSSR count). The van der Waals surface area contributed by atoms with Crippen LogP contribution in [-0.2, 0) is 0 Å². The third kappa shape index (κ3) is 4.90. The topological polar surface area (TPSA) is 53.6 Å². The molecule has 0 saturated carbocycles. The van der Waals surface area contributed by atoms with E-state index in [0.29, 0.717) is 23.0 Å². The average molecular weight is 300 g/mol. The lowest BCUT2D eigenvalue weighted by molar-refractivity contribution is 0.247. The summed E-state index contributed by atoms with van der Waals surface area (Å²) in [4.78, 5) is 14.0. The molecule has 0 bridgehead atoms. The first kappa shape index (κ1) is 16.6. The lowest BCUT2D eigenvalue weighted by Gasteiger charge is -2.18. The predicted molar refractivity (Wildman–Crippen MR) is 82.8 cm³/mol. The van der Waals surface area contributed by atoms with Crippen LogP contribution >= 0.6 is 11.6 Å². The van der Waals surface area contributed by atoms with E-state index < -0.39 is 0 Å². The number of para-hydroxylation sites is 1. The second-order valence-electron chi connectivity index (χ2n) is 4.23. The van der Waals surface area contributed by atoms with Gasteiger partial charge in [0.15, 0.2) is 5.75 Å². The highest BCUT2D eigenvalue weighted by Crippen LogP contribution is 2.32. The van der Waals surface area contributed by atoms with E-state index in [1.54, 1.807) is 18.2 Å². The van der Waals surface area contributed by atoms with Crippen LogP contribution in [0.3, 0.4) is 0 Å². The molecule has 0 spiro atoms. The molecule has 0 heterocycles. The highest BCUT2D eigenvalue weighted by Gasteiger charge is 2.10. The Morgan fingerprint density at radius 2 is 2.05 bits per heavy atom. The van der Waals surface area contributed by atoms with Crippen molar-refractivity contribution in [3.63, 3.8) is 0 Å². The van der Waals surface area contributed by atoms with E-state index >= 15 is 0 Å². The molecule has 0 aliphatic carbocycles. The number of methoxy groups -OCH3 is 1. The van der Waals surface area contributed by atoms with Crippen LogP contribution < -0.4 is 15.4 Å². The number of carbonyl (C=O) groups excluding carboxylic acids is 1. The van der Waals surface area contributed by atoms with Gasteiger partial charge < -0.3 is 20.3 Å². The Labute approximate surface area is 125 Å². The number of halogens is 1. The molecule has 0 aliphatic rings. The highest BCUT2D eigenvalue weighted by molar-refractivity contribution is 6.32. The van der Waals surface area contributed by atoms with Crippen molar-refractivity contribution >= 4 is 23.3 Å². The summed E-state index contributed by atoms with van der Waals surface area (Å²) in [7, 11) is 1.52. The van der Waals surface area contributed by atoms with Crippen LogP contribution in [0.4, 0.5) is 10.5 Å². The van der Waals surface area contributed by atoms with Crippen molar-refractivity contribution in [3.05, 3.63) is 23.2 Å². The van der Waals surface area contributed by atoms with Gasteiger partial charge in [0.1, 0.15) is 0 Å². The number of nitrogens with zero attached hydrogens (tertiary/aromatic N) is 1. The quantitative estimate of drug-likeness (QED) is 0.814. The first-order chi connectivity index (χ1) is 9.62. The highest BCUT2D eigenvalue weighted by atomic mass is 35.5. The molecule has 0 aliphatic heterocycles. The zero-order valence-electron chi connectivity index (χ0n) is 12.2. The summed E-state index contributed by atoms with van der Waals surface area (Å²) in [6.07, 6.45) is 0. The number of carbonyl (C=O) groups is 1. The average Bonchev–Trinajstić information content (AvgIpc) is 2.44. The first-order valence-electron chi connectivity index (χ1n) is 6.72. The standard InChI is InChI=1S/C14H22ClN3O2/c1-4-18(5-2)10-9-16-14(19)17-12-8-6-7-11(15)13(12)20-3/h6-8H,4-5,9-10H2,1-3H3,(H2,16,17,19).